The molecule has 3 aliphatic rings. The zero-order valence-electron chi connectivity index (χ0n) is 16.3. The van der Waals surface area contributed by atoms with Gasteiger partial charge in [0.2, 0.25) is 0 Å². The maximum absolute atomic E-state index is 11.9. The minimum absolute atomic E-state index is 0.0444. The predicted molar refractivity (Wildman–Crippen MR) is 114 cm³/mol. The van der Waals surface area contributed by atoms with Crippen LogP contribution in [0.25, 0.3) is 11.3 Å². The lowest BCUT2D eigenvalue weighted by Gasteiger charge is -2.36. The molecule has 2 aromatic rings. The molecule has 2 saturated heterocycles. The van der Waals surface area contributed by atoms with Crippen molar-refractivity contribution in [3.05, 3.63) is 39.6 Å². The molecule has 7 nitrogen and oxygen atoms in total. The van der Waals surface area contributed by atoms with Crippen molar-refractivity contribution in [2.24, 2.45) is 5.14 Å². The highest BCUT2D eigenvalue weighted by Crippen LogP contribution is 2.46. The number of hydrogen-bond acceptors (Lipinski definition) is 5. The van der Waals surface area contributed by atoms with E-state index < -0.39 is 10.2 Å². The van der Waals surface area contributed by atoms with Crippen LogP contribution in [0.4, 0.5) is 0 Å². The molecule has 1 unspecified atom stereocenters. The van der Waals surface area contributed by atoms with E-state index in [4.69, 9.17) is 37.6 Å². The second kappa shape index (κ2) is 7.76. The molecule has 2 N–H and O–H groups in total. The molecule has 1 saturated carbocycles. The Balaban J connectivity index is 1.38. The Morgan fingerprint density at radius 1 is 1.13 bits per heavy atom. The summed E-state index contributed by atoms with van der Waals surface area (Å²) in [6.07, 6.45) is 5.00. The van der Waals surface area contributed by atoms with E-state index >= 15 is 0 Å². The highest BCUT2D eigenvalue weighted by Gasteiger charge is 2.46. The summed E-state index contributed by atoms with van der Waals surface area (Å²) in [4.78, 5) is 0. The number of nitrogens with two attached hydrogens (primary N) is 1. The molecule has 162 valence electrons. The lowest BCUT2D eigenvalue weighted by atomic mass is 10.0. The number of nitrogens with zero attached hydrogens (tertiary/aromatic N) is 2. The van der Waals surface area contributed by atoms with Crippen LogP contribution in [0.1, 0.15) is 55.8 Å². The number of aromatic nitrogens is 1. The second-order valence-corrected chi connectivity index (χ2v) is 10.7. The van der Waals surface area contributed by atoms with Crippen molar-refractivity contribution >= 4 is 33.4 Å². The normalized spacial score (nSPS) is 27.0. The molecule has 1 aromatic carbocycles. The van der Waals surface area contributed by atoms with Crippen LogP contribution in [0.5, 0.6) is 0 Å². The SMILES string of the molecule is NS(=O)(=O)N1[C@@H]2CC[C@H]1CC(OCc1c(-c3c(Cl)cccc3Cl)noc1C1CC1)C2. The highest BCUT2D eigenvalue weighted by molar-refractivity contribution is 7.86. The van der Waals surface area contributed by atoms with Crippen LogP contribution in [0.2, 0.25) is 10.0 Å². The van der Waals surface area contributed by atoms with Crippen LogP contribution in [0.15, 0.2) is 22.7 Å². The average Bonchev–Trinajstić information content (AvgIpc) is 3.37. The van der Waals surface area contributed by atoms with Crippen LogP contribution in [-0.2, 0) is 21.6 Å². The molecule has 30 heavy (non-hydrogen) atoms. The molecule has 5 rings (SSSR count). The Morgan fingerprint density at radius 3 is 2.33 bits per heavy atom. The van der Waals surface area contributed by atoms with Crippen LogP contribution < -0.4 is 5.14 Å². The molecule has 0 spiro atoms. The van der Waals surface area contributed by atoms with Gasteiger partial charge in [-0.25, -0.2) is 5.14 Å². The highest BCUT2D eigenvalue weighted by atomic mass is 35.5. The number of hydrogen-bond donors (Lipinski definition) is 1. The Kier molecular flexibility index (Phi) is 5.36. The summed E-state index contributed by atoms with van der Waals surface area (Å²) in [6.45, 7) is 0.325. The van der Waals surface area contributed by atoms with Crippen molar-refractivity contribution in [2.75, 3.05) is 0 Å². The Hall–Kier alpha value is -1.16. The standard InChI is InChI=1S/C20H23Cl2N3O4S/c21-16-2-1-3-17(22)18(16)19-15(20(29-24-19)11-4-5-11)10-28-14-8-12-6-7-13(9-14)25(12)30(23,26)27/h1-3,11-14H,4-10H2,(H2,23,26,27)/t12-,13+,14?. The van der Waals surface area contributed by atoms with Gasteiger partial charge in [-0.3, -0.25) is 0 Å². The lowest BCUT2D eigenvalue weighted by molar-refractivity contribution is -0.00852. The molecule has 3 fully saturated rings. The van der Waals surface area contributed by atoms with Crippen LogP contribution >= 0.6 is 23.2 Å². The largest absolute Gasteiger partial charge is 0.373 e. The third kappa shape index (κ3) is 3.78. The van der Waals surface area contributed by atoms with Gasteiger partial charge in [0.1, 0.15) is 11.5 Å². The maximum atomic E-state index is 11.9. The number of piperidine rings is 1. The summed E-state index contributed by atoms with van der Waals surface area (Å²) < 4.78 is 37.3. The van der Waals surface area contributed by atoms with Gasteiger partial charge in [-0.05, 0) is 50.7 Å². The van der Waals surface area contributed by atoms with Gasteiger partial charge in [-0.1, -0.05) is 34.4 Å². The van der Waals surface area contributed by atoms with Crippen molar-refractivity contribution < 1.29 is 17.7 Å². The number of fused-ring (bicyclic) bond motifs is 2. The second-order valence-electron chi connectivity index (χ2n) is 8.41. The van der Waals surface area contributed by atoms with E-state index in [-0.39, 0.29) is 18.2 Å². The van der Waals surface area contributed by atoms with E-state index in [0.717, 1.165) is 37.0 Å². The van der Waals surface area contributed by atoms with E-state index in [9.17, 15) is 8.42 Å². The van der Waals surface area contributed by atoms with Gasteiger partial charge in [0.15, 0.2) is 0 Å². The van der Waals surface area contributed by atoms with Crippen molar-refractivity contribution in [1.29, 1.82) is 0 Å². The molecule has 2 bridgehead atoms. The van der Waals surface area contributed by atoms with E-state index in [0.29, 0.717) is 46.7 Å². The summed E-state index contributed by atoms with van der Waals surface area (Å²) in [6, 6.07) is 5.17. The number of halogens is 2. The maximum Gasteiger partial charge on any atom is 0.277 e. The Labute approximate surface area is 185 Å². The van der Waals surface area contributed by atoms with Gasteiger partial charge >= 0.3 is 0 Å². The van der Waals surface area contributed by atoms with Crippen molar-refractivity contribution in [1.82, 2.24) is 9.46 Å². The van der Waals surface area contributed by atoms with E-state index in [1.54, 1.807) is 18.2 Å². The topological polar surface area (TPSA) is 98.7 Å². The van der Waals surface area contributed by atoms with Gasteiger partial charge in [0.25, 0.3) is 10.2 Å². The van der Waals surface area contributed by atoms with Crippen LogP contribution in [0.3, 0.4) is 0 Å². The Bertz CT molecular complexity index is 1040. The zero-order chi connectivity index (χ0) is 21.0. The molecular formula is C20H23Cl2N3O4S. The summed E-state index contributed by atoms with van der Waals surface area (Å²) in [5, 5.41) is 10.7. The third-order valence-electron chi connectivity index (χ3n) is 6.35. The summed E-state index contributed by atoms with van der Waals surface area (Å²) >= 11 is 12.8. The first-order valence-electron chi connectivity index (χ1n) is 10.2. The fourth-order valence-corrected chi connectivity index (χ4v) is 6.68. The average molecular weight is 472 g/mol. The molecule has 1 aromatic heterocycles. The van der Waals surface area contributed by atoms with Gasteiger partial charge in [-0.15, -0.1) is 0 Å². The van der Waals surface area contributed by atoms with Crippen LogP contribution in [-0.4, -0.2) is 36.1 Å². The number of ether oxygens (including phenoxy) is 1. The Morgan fingerprint density at radius 2 is 1.77 bits per heavy atom. The number of benzene rings is 1. The lowest BCUT2D eigenvalue weighted by Crippen LogP contribution is -2.50. The molecule has 10 heteroatoms. The minimum atomic E-state index is -3.68. The van der Waals surface area contributed by atoms with Gasteiger partial charge in [0.05, 0.1) is 22.8 Å². The first-order chi connectivity index (χ1) is 14.3. The molecule has 3 atom stereocenters. The minimum Gasteiger partial charge on any atom is -0.373 e. The smallest absolute Gasteiger partial charge is 0.277 e. The van der Waals surface area contributed by atoms with E-state index in [2.05, 4.69) is 5.16 Å². The fourth-order valence-electron chi connectivity index (χ4n) is 4.89. The van der Waals surface area contributed by atoms with Crippen molar-refractivity contribution in [3.63, 3.8) is 0 Å². The summed E-state index contributed by atoms with van der Waals surface area (Å²) in [7, 11) is -3.68. The summed E-state index contributed by atoms with van der Waals surface area (Å²) in [5.74, 6) is 1.19. The molecular weight excluding hydrogens is 449 g/mol. The third-order valence-corrected chi connectivity index (χ3v) is 8.16. The van der Waals surface area contributed by atoms with E-state index in [1.165, 1.54) is 4.31 Å². The molecule has 1 aliphatic carbocycles. The first-order valence-corrected chi connectivity index (χ1v) is 12.4. The van der Waals surface area contributed by atoms with Gasteiger partial charge < -0.3 is 9.26 Å². The number of rotatable bonds is 6. The predicted octanol–water partition coefficient (Wildman–Crippen LogP) is 4.24. The fraction of sp³-hybridized carbons (Fsp3) is 0.550. The molecule has 0 amide bonds. The van der Waals surface area contributed by atoms with Crippen molar-refractivity contribution in [2.45, 2.75) is 69.2 Å². The molecule has 2 aliphatic heterocycles. The van der Waals surface area contributed by atoms with Crippen LogP contribution in [0, 0.1) is 0 Å². The monoisotopic (exact) mass is 471 g/mol. The first kappa shape index (κ1) is 20.7. The van der Waals surface area contributed by atoms with Crippen molar-refractivity contribution in [3.8, 4) is 11.3 Å². The molecule has 0 radical (unpaired) electrons. The molecule has 3 heterocycles. The van der Waals surface area contributed by atoms with Gasteiger partial charge in [-0.2, -0.15) is 12.7 Å². The zero-order valence-corrected chi connectivity index (χ0v) is 18.6. The summed E-state index contributed by atoms with van der Waals surface area (Å²) in [5.41, 5.74) is 2.16. The van der Waals surface area contributed by atoms with Gasteiger partial charge in [0, 0.05) is 29.1 Å². The van der Waals surface area contributed by atoms with E-state index in [1.807, 2.05) is 0 Å². The quantitative estimate of drug-likeness (QED) is 0.678.